The molecular weight excluding hydrogens is 338 g/mol. The van der Waals surface area contributed by atoms with Crippen molar-refractivity contribution in [3.05, 3.63) is 63.1 Å². The summed E-state index contributed by atoms with van der Waals surface area (Å²) < 4.78 is 6.09. The van der Waals surface area contributed by atoms with Gasteiger partial charge in [-0.15, -0.1) is 0 Å². The van der Waals surface area contributed by atoms with E-state index in [9.17, 15) is 10.1 Å². The van der Waals surface area contributed by atoms with Crippen LogP contribution in [0.15, 0.2) is 57.5 Å². The summed E-state index contributed by atoms with van der Waals surface area (Å²) in [6, 6.07) is 13.6. The summed E-state index contributed by atoms with van der Waals surface area (Å²) in [5.41, 5.74) is 1.29. The van der Waals surface area contributed by atoms with Crippen LogP contribution < -0.4 is 0 Å². The first-order valence-electron chi connectivity index (χ1n) is 5.98. The van der Waals surface area contributed by atoms with Gasteiger partial charge in [-0.3, -0.25) is 10.1 Å². The molecule has 21 heavy (non-hydrogen) atoms. The SMILES string of the molecule is O=[N+]([O-])c1cccc(-c2nc(-c3cccc(Br)c3)no2)c1. The Balaban J connectivity index is 1.98. The highest BCUT2D eigenvalue weighted by atomic mass is 79.9. The molecule has 0 aliphatic heterocycles. The first kappa shape index (κ1) is 13.4. The Labute approximate surface area is 127 Å². The highest BCUT2D eigenvalue weighted by molar-refractivity contribution is 9.10. The molecule has 1 heterocycles. The number of aromatic nitrogens is 2. The summed E-state index contributed by atoms with van der Waals surface area (Å²) in [4.78, 5) is 14.6. The van der Waals surface area contributed by atoms with E-state index in [1.807, 2.05) is 24.3 Å². The second kappa shape index (κ2) is 5.45. The Bertz CT molecular complexity index is 816. The first-order valence-corrected chi connectivity index (χ1v) is 6.77. The first-order chi connectivity index (χ1) is 10.1. The lowest BCUT2D eigenvalue weighted by Crippen LogP contribution is -1.88. The molecule has 6 nitrogen and oxygen atoms in total. The number of hydrogen-bond acceptors (Lipinski definition) is 5. The monoisotopic (exact) mass is 345 g/mol. The highest BCUT2D eigenvalue weighted by Crippen LogP contribution is 2.26. The van der Waals surface area contributed by atoms with Crippen molar-refractivity contribution in [2.45, 2.75) is 0 Å². The van der Waals surface area contributed by atoms with Gasteiger partial charge < -0.3 is 4.52 Å². The van der Waals surface area contributed by atoms with E-state index in [4.69, 9.17) is 4.52 Å². The van der Waals surface area contributed by atoms with Gasteiger partial charge in [0, 0.05) is 27.7 Å². The number of non-ortho nitro benzene ring substituents is 1. The zero-order valence-corrected chi connectivity index (χ0v) is 12.1. The number of nitro benzene ring substituents is 1. The third-order valence-corrected chi connectivity index (χ3v) is 3.31. The summed E-state index contributed by atoms with van der Waals surface area (Å²) >= 11 is 3.38. The zero-order valence-electron chi connectivity index (χ0n) is 10.6. The third kappa shape index (κ3) is 2.82. The van der Waals surface area contributed by atoms with Crippen LogP contribution in [0.4, 0.5) is 5.69 Å². The fourth-order valence-corrected chi connectivity index (χ4v) is 2.24. The minimum atomic E-state index is -0.463. The molecule has 0 spiro atoms. The molecule has 0 atom stereocenters. The maximum atomic E-state index is 10.8. The van der Waals surface area contributed by atoms with Gasteiger partial charge in [0.25, 0.3) is 11.6 Å². The third-order valence-electron chi connectivity index (χ3n) is 2.81. The van der Waals surface area contributed by atoms with Gasteiger partial charge >= 0.3 is 0 Å². The molecular formula is C14H8BrN3O3. The second-order valence-corrected chi connectivity index (χ2v) is 5.16. The van der Waals surface area contributed by atoms with E-state index in [2.05, 4.69) is 26.1 Å². The maximum Gasteiger partial charge on any atom is 0.270 e. The Morgan fingerprint density at radius 2 is 1.86 bits per heavy atom. The van der Waals surface area contributed by atoms with Gasteiger partial charge in [0.2, 0.25) is 5.82 Å². The standard InChI is InChI=1S/C14H8BrN3O3/c15-11-5-1-3-9(7-11)13-16-14(21-17-13)10-4-2-6-12(8-10)18(19)20/h1-8H. The van der Waals surface area contributed by atoms with Crippen LogP contribution in [0.3, 0.4) is 0 Å². The molecule has 7 heteroatoms. The second-order valence-electron chi connectivity index (χ2n) is 4.24. The Hall–Kier alpha value is -2.54. The normalized spacial score (nSPS) is 10.5. The summed E-state index contributed by atoms with van der Waals surface area (Å²) in [5.74, 6) is 0.673. The van der Waals surface area contributed by atoms with E-state index in [0.29, 0.717) is 11.4 Å². The van der Waals surface area contributed by atoms with Crippen molar-refractivity contribution in [2.24, 2.45) is 0 Å². The molecule has 0 bridgehead atoms. The van der Waals surface area contributed by atoms with E-state index < -0.39 is 4.92 Å². The maximum absolute atomic E-state index is 10.8. The van der Waals surface area contributed by atoms with Crippen molar-refractivity contribution in [2.75, 3.05) is 0 Å². The molecule has 1 aromatic heterocycles. The predicted molar refractivity (Wildman–Crippen MR) is 79.5 cm³/mol. The van der Waals surface area contributed by atoms with E-state index in [-0.39, 0.29) is 11.6 Å². The van der Waals surface area contributed by atoms with Gasteiger partial charge in [0.05, 0.1) is 4.92 Å². The molecule has 0 fully saturated rings. The van der Waals surface area contributed by atoms with E-state index in [0.717, 1.165) is 10.0 Å². The van der Waals surface area contributed by atoms with Gasteiger partial charge in [0.15, 0.2) is 0 Å². The summed E-state index contributed by atoms with van der Waals surface area (Å²) in [6.07, 6.45) is 0. The van der Waals surface area contributed by atoms with Crippen molar-refractivity contribution in [1.29, 1.82) is 0 Å². The van der Waals surface area contributed by atoms with E-state index >= 15 is 0 Å². The number of rotatable bonds is 3. The lowest BCUT2D eigenvalue weighted by Gasteiger charge is -1.95. The quantitative estimate of drug-likeness (QED) is 0.527. The summed E-state index contributed by atoms with van der Waals surface area (Å²) in [7, 11) is 0. The molecule has 0 aliphatic carbocycles. The van der Waals surface area contributed by atoms with Gasteiger partial charge in [-0.05, 0) is 18.2 Å². The van der Waals surface area contributed by atoms with Gasteiger partial charge in [0.1, 0.15) is 0 Å². The molecule has 0 unspecified atom stereocenters. The van der Waals surface area contributed by atoms with Crippen LogP contribution in [0.2, 0.25) is 0 Å². The average Bonchev–Trinajstić information content (AvgIpc) is 2.97. The number of halogens is 1. The molecule has 2 aromatic carbocycles. The fourth-order valence-electron chi connectivity index (χ4n) is 1.84. The Morgan fingerprint density at radius 1 is 1.10 bits per heavy atom. The van der Waals surface area contributed by atoms with Crippen LogP contribution in [0.1, 0.15) is 0 Å². The van der Waals surface area contributed by atoms with Crippen molar-refractivity contribution in [3.8, 4) is 22.8 Å². The van der Waals surface area contributed by atoms with Crippen LogP contribution in [-0.2, 0) is 0 Å². The predicted octanol–water partition coefficient (Wildman–Crippen LogP) is 4.07. The van der Waals surface area contributed by atoms with E-state index in [1.165, 1.54) is 12.1 Å². The largest absolute Gasteiger partial charge is 0.334 e. The summed E-state index contributed by atoms with van der Waals surface area (Å²) in [5, 5.41) is 14.7. The molecule has 3 rings (SSSR count). The molecule has 0 amide bonds. The number of hydrogen-bond donors (Lipinski definition) is 0. The van der Waals surface area contributed by atoms with Crippen LogP contribution in [0.5, 0.6) is 0 Å². The Morgan fingerprint density at radius 3 is 2.62 bits per heavy atom. The minimum absolute atomic E-state index is 0.0188. The molecule has 104 valence electrons. The van der Waals surface area contributed by atoms with E-state index in [1.54, 1.807) is 12.1 Å². The number of benzene rings is 2. The number of nitro groups is 1. The molecule has 0 saturated carbocycles. The van der Waals surface area contributed by atoms with Crippen LogP contribution in [-0.4, -0.2) is 15.1 Å². The van der Waals surface area contributed by atoms with Gasteiger partial charge in [-0.2, -0.15) is 4.98 Å². The molecule has 3 aromatic rings. The van der Waals surface area contributed by atoms with Crippen molar-refractivity contribution < 1.29 is 9.45 Å². The number of nitrogens with zero attached hydrogens (tertiary/aromatic N) is 3. The molecule has 0 aliphatic rings. The lowest BCUT2D eigenvalue weighted by atomic mass is 10.2. The van der Waals surface area contributed by atoms with Crippen molar-refractivity contribution in [1.82, 2.24) is 10.1 Å². The van der Waals surface area contributed by atoms with Crippen LogP contribution >= 0.6 is 15.9 Å². The minimum Gasteiger partial charge on any atom is -0.334 e. The van der Waals surface area contributed by atoms with Crippen LogP contribution in [0.25, 0.3) is 22.8 Å². The van der Waals surface area contributed by atoms with Crippen molar-refractivity contribution >= 4 is 21.6 Å². The summed E-state index contributed by atoms with van der Waals surface area (Å²) in [6.45, 7) is 0. The highest BCUT2D eigenvalue weighted by Gasteiger charge is 2.13. The van der Waals surface area contributed by atoms with Gasteiger partial charge in [-0.25, -0.2) is 0 Å². The van der Waals surface area contributed by atoms with Crippen LogP contribution in [0, 0.1) is 10.1 Å². The smallest absolute Gasteiger partial charge is 0.270 e. The molecule has 0 radical (unpaired) electrons. The lowest BCUT2D eigenvalue weighted by molar-refractivity contribution is -0.384. The molecule has 0 saturated heterocycles. The fraction of sp³-hybridized carbons (Fsp3) is 0. The average molecular weight is 346 g/mol. The Kier molecular flexibility index (Phi) is 3.49. The topological polar surface area (TPSA) is 82.1 Å². The zero-order chi connectivity index (χ0) is 14.8. The molecule has 0 N–H and O–H groups in total. The van der Waals surface area contributed by atoms with Gasteiger partial charge in [-0.1, -0.05) is 39.3 Å². The van der Waals surface area contributed by atoms with Crippen molar-refractivity contribution in [3.63, 3.8) is 0 Å².